The van der Waals surface area contributed by atoms with Crippen LogP contribution in [0.1, 0.15) is 35.7 Å². The van der Waals surface area contributed by atoms with E-state index in [-0.39, 0.29) is 5.82 Å². The van der Waals surface area contributed by atoms with E-state index in [1.54, 1.807) is 16.8 Å². The predicted octanol–water partition coefficient (Wildman–Crippen LogP) is 4.43. The number of aromatic nitrogens is 6. The molecule has 1 fully saturated rings. The molecule has 0 spiro atoms. The lowest BCUT2D eigenvalue weighted by Crippen LogP contribution is -2.04. The van der Waals surface area contributed by atoms with Crippen LogP contribution in [0.25, 0.3) is 17.1 Å². The lowest BCUT2D eigenvalue weighted by Gasteiger charge is -2.08. The van der Waals surface area contributed by atoms with Crippen LogP contribution in [0.15, 0.2) is 42.7 Å². The number of nitrogens with one attached hydrogen (secondary N) is 2. The Balaban J connectivity index is 1.49. The van der Waals surface area contributed by atoms with E-state index in [0.29, 0.717) is 17.6 Å². The van der Waals surface area contributed by atoms with Crippen molar-refractivity contribution < 1.29 is 4.39 Å². The number of anilines is 2. The first-order valence-corrected chi connectivity index (χ1v) is 9.55. The van der Waals surface area contributed by atoms with Crippen LogP contribution < -0.4 is 5.32 Å². The third kappa shape index (κ3) is 3.37. The van der Waals surface area contributed by atoms with Gasteiger partial charge in [0.15, 0.2) is 11.6 Å². The van der Waals surface area contributed by atoms with Crippen LogP contribution in [0.5, 0.6) is 0 Å². The van der Waals surface area contributed by atoms with Gasteiger partial charge in [-0.25, -0.2) is 19.0 Å². The van der Waals surface area contributed by atoms with Crippen molar-refractivity contribution in [1.29, 1.82) is 0 Å². The highest BCUT2D eigenvalue weighted by Crippen LogP contribution is 2.47. The molecular formula is C21H20FN7. The fourth-order valence-electron chi connectivity index (χ4n) is 3.57. The number of aryl methyl sites for hydroxylation is 2. The summed E-state index contributed by atoms with van der Waals surface area (Å²) in [6.07, 6.45) is 3.74. The first-order chi connectivity index (χ1) is 14.1. The second-order valence-electron chi connectivity index (χ2n) is 7.37. The van der Waals surface area contributed by atoms with Gasteiger partial charge in [-0.3, -0.25) is 5.10 Å². The number of nitrogens with zero attached hydrogens (tertiary/aromatic N) is 5. The summed E-state index contributed by atoms with van der Waals surface area (Å²) in [7, 11) is 0. The van der Waals surface area contributed by atoms with Gasteiger partial charge in [0, 0.05) is 22.9 Å². The molecule has 29 heavy (non-hydrogen) atoms. The summed E-state index contributed by atoms with van der Waals surface area (Å²) >= 11 is 0. The highest BCUT2D eigenvalue weighted by Gasteiger charge is 2.31. The van der Waals surface area contributed by atoms with Gasteiger partial charge >= 0.3 is 0 Å². The zero-order valence-corrected chi connectivity index (χ0v) is 16.1. The van der Waals surface area contributed by atoms with Gasteiger partial charge in [-0.15, -0.1) is 0 Å². The summed E-state index contributed by atoms with van der Waals surface area (Å²) in [5, 5.41) is 15.4. The van der Waals surface area contributed by atoms with Crippen LogP contribution in [0.4, 0.5) is 16.0 Å². The maximum absolute atomic E-state index is 13.3. The highest BCUT2D eigenvalue weighted by molar-refractivity contribution is 5.73. The molecule has 0 atom stereocenters. The van der Waals surface area contributed by atoms with E-state index < -0.39 is 0 Å². The molecule has 7 nitrogen and oxygen atoms in total. The maximum atomic E-state index is 13.3. The van der Waals surface area contributed by atoms with E-state index in [4.69, 9.17) is 0 Å². The highest BCUT2D eigenvalue weighted by atomic mass is 19.1. The lowest BCUT2D eigenvalue weighted by atomic mass is 10.0. The summed E-state index contributed by atoms with van der Waals surface area (Å²) in [6.45, 7) is 3.94. The van der Waals surface area contributed by atoms with Gasteiger partial charge in [0.25, 0.3) is 0 Å². The number of hydrogen-bond donors (Lipinski definition) is 2. The van der Waals surface area contributed by atoms with Gasteiger partial charge in [-0.2, -0.15) is 10.2 Å². The SMILES string of the molecule is Cc1cc(C)n(-c2cc(Nc3n[nH]c(-c4ccc(F)cc4)c3C3CC3)ncn2)n1. The zero-order valence-electron chi connectivity index (χ0n) is 16.1. The molecule has 5 rings (SSSR count). The fourth-order valence-corrected chi connectivity index (χ4v) is 3.57. The van der Waals surface area contributed by atoms with Crippen LogP contribution in [-0.4, -0.2) is 29.9 Å². The minimum atomic E-state index is -0.253. The Morgan fingerprint density at radius 3 is 2.59 bits per heavy atom. The van der Waals surface area contributed by atoms with Gasteiger partial charge in [0.05, 0.1) is 11.4 Å². The van der Waals surface area contributed by atoms with Gasteiger partial charge in [0.2, 0.25) is 0 Å². The standard InChI is InChI=1S/C21H20FN7/c1-12-9-13(2)29(28-12)18-10-17(23-11-24-18)25-21-19(14-3-4-14)20(26-27-21)15-5-7-16(22)8-6-15/h5-11,14H,3-4H2,1-2H3,(H2,23,24,25,26,27). The Hall–Kier alpha value is -3.55. The van der Waals surface area contributed by atoms with Crippen molar-refractivity contribution in [3.8, 4) is 17.1 Å². The van der Waals surface area contributed by atoms with Crippen molar-refractivity contribution in [1.82, 2.24) is 29.9 Å². The molecule has 0 radical (unpaired) electrons. The number of rotatable bonds is 5. The van der Waals surface area contributed by atoms with E-state index in [9.17, 15) is 4.39 Å². The maximum Gasteiger partial charge on any atom is 0.159 e. The number of aromatic amines is 1. The minimum Gasteiger partial charge on any atom is -0.323 e. The number of H-pyrrole nitrogens is 1. The lowest BCUT2D eigenvalue weighted by molar-refractivity contribution is 0.628. The Kier molecular flexibility index (Phi) is 4.12. The molecule has 0 amide bonds. The van der Waals surface area contributed by atoms with Crippen molar-refractivity contribution in [2.45, 2.75) is 32.6 Å². The van der Waals surface area contributed by atoms with Crippen molar-refractivity contribution in [3.63, 3.8) is 0 Å². The van der Waals surface area contributed by atoms with Gasteiger partial charge in [-0.05, 0) is 62.9 Å². The summed E-state index contributed by atoms with van der Waals surface area (Å²) in [5.41, 5.74) is 4.89. The number of hydrogen-bond acceptors (Lipinski definition) is 5. The molecule has 4 aromatic rings. The molecule has 0 saturated heterocycles. The van der Waals surface area contributed by atoms with E-state index in [1.165, 1.54) is 18.5 Å². The van der Waals surface area contributed by atoms with Crippen molar-refractivity contribution in [2.75, 3.05) is 5.32 Å². The molecule has 146 valence electrons. The summed E-state index contributed by atoms with van der Waals surface area (Å²) < 4.78 is 15.1. The molecule has 2 N–H and O–H groups in total. The zero-order chi connectivity index (χ0) is 20.0. The summed E-state index contributed by atoms with van der Waals surface area (Å²) in [4.78, 5) is 8.69. The van der Waals surface area contributed by atoms with E-state index in [2.05, 4.69) is 30.6 Å². The smallest absolute Gasteiger partial charge is 0.159 e. The van der Waals surface area contributed by atoms with Crippen molar-refractivity contribution in [2.24, 2.45) is 0 Å². The molecular weight excluding hydrogens is 369 g/mol. The quantitative estimate of drug-likeness (QED) is 0.527. The van der Waals surface area contributed by atoms with Crippen LogP contribution >= 0.6 is 0 Å². The van der Waals surface area contributed by atoms with Crippen LogP contribution in [-0.2, 0) is 0 Å². The van der Waals surface area contributed by atoms with E-state index in [0.717, 1.165) is 46.9 Å². The average Bonchev–Trinajstić information content (AvgIpc) is 3.38. The van der Waals surface area contributed by atoms with Gasteiger partial charge in [-0.1, -0.05) is 0 Å². The van der Waals surface area contributed by atoms with Crippen LogP contribution in [0.3, 0.4) is 0 Å². The molecule has 3 heterocycles. The number of benzene rings is 1. The Labute approximate surface area is 167 Å². The van der Waals surface area contributed by atoms with Crippen molar-refractivity contribution >= 4 is 11.6 Å². The topological polar surface area (TPSA) is 84.3 Å². The molecule has 0 bridgehead atoms. The Morgan fingerprint density at radius 2 is 1.90 bits per heavy atom. The first-order valence-electron chi connectivity index (χ1n) is 9.55. The Bertz CT molecular complexity index is 1170. The number of halogens is 1. The molecule has 8 heteroatoms. The molecule has 3 aromatic heterocycles. The molecule has 1 saturated carbocycles. The molecule has 1 aliphatic rings. The molecule has 0 aliphatic heterocycles. The first kappa shape index (κ1) is 17.5. The summed E-state index contributed by atoms with van der Waals surface area (Å²) in [5.74, 6) is 2.26. The second kappa shape index (κ2) is 6.80. The third-order valence-electron chi connectivity index (χ3n) is 5.05. The third-order valence-corrected chi connectivity index (χ3v) is 5.05. The van der Waals surface area contributed by atoms with Gasteiger partial charge in [0.1, 0.15) is 18.0 Å². The molecule has 1 aliphatic carbocycles. The van der Waals surface area contributed by atoms with E-state index in [1.807, 2.05) is 26.0 Å². The molecule has 1 aromatic carbocycles. The predicted molar refractivity (Wildman–Crippen MR) is 108 cm³/mol. The largest absolute Gasteiger partial charge is 0.323 e. The van der Waals surface area contributed by atoms with Crippen LogP contribution in [0, 0.1) is 19.7 Å². The van der Waals surface area contributed by atoms with E-state index >= 15 is 0 Å². The monoisotopic (exact) mass is 389 g/mol. The molecule has 0 unspecified atom stereocenters. The van der Waals surface area contributed by atoms with Crippen LogP contribution in [0.2, 0.25) is 0 Å². The van der Waals surface area contributed by atoms with Crippen molar-refractivity contribution in [3.05, 3.63) is 65.5 Å². The van der Waals surface area contributed by atoms with Gasteiger partial charge < -0.3 is 5.32 Å². The minimum absolute atomic E-state index is 0.253. The second-order valence-corrected chi connectivity index (χ2v) is 7.37. The average molecular weight is 389 g/mol. The summed E-state index contributed by atoms with van der Waals surface area (Å²) in [6, 6.07) is 10.3. The fraction of sp³-hybridized carbons (Fsp3) is 0.238. The normalized spacial score (nSPS) is 13.6. The Morgan fingerprint density at radius 1 is 1.10 bits per heavy atom.